The van der Waals surface area contributed by atoms with Gasteiger partial charge in [0.25, 0.3) is 0 Å². The lowest BCUT2D eigenvalue weighted by Crippen LogP contribution is -2.17. The van der Waals surface area contributed by atoms with E-state index in [4.69, 9.17) is 20.4 Å². The van der Waals surface area contributed by atoms with Crippen molar-refractivity contribution in [2.75, 3.05) is 0 Å². The molecule has 5 nitrogen and oxygen atoms in total. The van der Waals surface area contributed by atoms with Crippen LogP contribution in [0.5, 0.6) is 0 Å². The highest BCUT2D eigenvalue weighted by molar-refractivity contribution is 6.31. The van der Waals surface area contributed by atoms with E-state index in [1.54, 1.807) is 0 Å². The van der Waals surface area contributed by atoms with Crippen molar-refractivity contribution < 1.29 is 8.83 Å². The molecule has 0 saturated heterocycles. The fourth-order valence-electron chi connectivity index (χ4n) is 2.09. The Kier molecular flexibility index (Phi) is 3.94. The van der Waals surface area contributed by atoms with Crippen molar-refractivity contribution in [2.45, 2.75) is 32.9 Å². The molecule has 1 N–H and O–H groups in total. The Balaban J connectivity index is 1.69. The van der Waals surface area contributed by atoms with Crippen LogP contribution in [0.25, 0.3) is 11.0 Å². The van der Waals surface area contributed by atoms with Crippen LogP contribution < -0.4 is 5.32 Å². The summed E-state index contributed by atoms with van der Waals surface area (Å²) in [5.41, 5.74) is 0.828. The molecule has 0 unspecified atom stereocenters. The van der Waals surface area contributed by atoms with Crippen LogP contribution in [0.4, 0.5) is 0 Å². The van der Waals surface area contributed by atoms with Gasteiger partial charge in [0.05, 0.1) is 12.6 Å². The quantitative estimate of drug-likeness (QED) is 0.775. The van der Waals surface area contributed by atoms with E-state index in [1.807, 2.05) is 38.1 Å². The maximum atomic E-state index is 5.98. The number of halogens is 1. The van der Waals surface area contributed by atoms with Crippen molar-refractivity contribution in [3.63, 3.8) is 0 Å². The maximum Gasteiger partial charge on any atom is 0.230 e. The summed E-state index contributed by atoms with van der Waals surface area (Å²) in [5.74, 6) is 2.08. The summed E-state index contributed by atoms with van der Waals surface area (Å²) >= 11 is 5.98. The molecule has 0 aliphatic rings. The maximum absolute atomic E-state index is 5.98. The largest absolute Gasteiger partial charge is 0.459 e. The van der Waals surface area contributed by atoms with Gasteiger partial charge in [-0.2, -0.15) is 0 Å². The lowest BCUT2D eigenvalue weighted by Gasteiger charge is -2.08. The van der Waals surface area contributed by atoms with Crippen molar-refractivity contribution in [3.05, 3.63) is 46.8 Å². The average Bonchev–Trinajstić information content (AvgIpc) is 3.10. The molecule has 0 aliphatic carbocycles. The SMILES string of the molecule is CCc1nnc(CN[C@@H](C)c2cc3cc(Cl)ccc3o2)o1. The second kappa shape index (κ2) is 5.87. The van der Waals surface area contributed by atoms with Crippen molar-refractivity contribution in [2.24, 2.45) is 0 Å². The normalized spacial score (nSPS) is 12.9. The lowest BCUT2D eigenvalue weighted by atomic mass is 10.2. The van der Waals surface area contributed by atoms with E-state index in [9.17, 15) is 0 Å². The molecule has 1 aromatic carbocycles. The van der Waals surface area contributed by atoms with Gasteiger partial charge in [-0.1, -0.05) is 18.5 Å². The number of benzene rings is 1. The van der Waals surface area contributed by atoms with Crippen LogP contribution in [0.1, 0.15) is 37.4 Å². The molecule has 2 heterocycles. The Hall–Kier alpha value is -1.85. The van der Waals surface area contributed by atoms with E-state index in [0.717, 1.165) is 23.2 Å². The minimum absolute atomic E-state index is 0.0353. The van der Waals surface area contributed by atoms with Gasteiger partial charge in [-0.25, -0.2) is 0 Å². The first-order valence-corrected chi connectivity index (χ1v) is 7.27. The van der Waals surface area contributed by atoms with Crippen LogP contribution >= 0.6 is 11.6 Å². The molecule has 6 heteroatoms. The van der Waals surface area contributed by atoms with Crippen molar-refractivity contribution in [1.29, 1.82) is 0 Å². The van der Waals surface area contributed by atoms with Gasteiger partial charge in [-0.05, 0) is 31.2 Å². The Morgan fingerprint density at radius 1 is 1.19 bits per heavy atom. The predicted octanol–water partition coefficient (Wildman–Crippen LogP) is 3.88. The standard InChI is InChI=1S/C15H16ClN3O2/c1-3-14-18-19-15(21-14)8-17-9(2)13-7-10-6-11(16)4-5-12(10)20-13/h4-7,9,17H,3,8H2,1-2H3/t9-/m0/s1. The molecule has 2 aromatic heterocycles. The number of nitrogens with zero attached hydrogens (tertiary/aromatic N) is 2. The fraction of sp³-hybridized carbons (Fsp3) is 0.333. The molecule has 1 atom stereocenters. The van der Waals surface area contributed by atoms with Gasteiger partial charge in [-0.15, -0.1) is 10.2 Å². The molecule has 21 heavy (non-hydrogen) atoms. The highest BCUT2D eigenvalue weighted by atomic mass is 35.5. The number of furan rings is 1. The Labute approximate surface area is 127 Å². The van der Waals surface area contributed by atoms with Crippen LogP contribution in [0.15, 0.2) is 33.1 Å². The average molecular weight is 306 g/mol. The summed E-state index contributed by atoms with van der Waals surface area (Å²) < 4.78 is 11.3. The molecule has 0 amide bonds. The fourth-order valence-corrected chi connectivity index (χ4v) is 2.27. The summed E-state index contributed by atoms with van der Waals surface area (Å²) in [5, 5.41) is 12.9. The van der Waals surface area contributed by atoms with Crippen LogP contribution in [-0.4, -0.2) is 10.2 Å². The van der Waals surface area contributed by atoms with Crippen LogP contribution in [-0.2, 0) is 13.0 Å². The number of aryl methyl sites for hydroxylation is 1. The summed E-state index contributed by atoms with van der Waals surface area (Å²) in [4.78, 5) is 0. The van der Waals surface area contributed by atoms with Gasteiger partial charge >= 0.3 is 0 Å². The molecule has 0 aliphatic heterocycles. The molecular weight excluding hydrogens is 290 g/mol. The number of hydrogen-bond donors (Lipinski definition) is 1. The second-order valence-electron chi connectivity index (χ2n) is 4.88. The number of fused-ring (bicyclic) bond motifs is 1. The molecule has 0 saturated carbocycles. The number of hydrogen-bond acceptors (Lipinski definition) is 5. The Morgan fingerprint density at radius 3 is 2.76 bits per heavy atom. The predicted molar refractivity (Wildman–Crippen MR) is 80.2 cm³/mol. The highest BCUT2D eigenvalue weighted by Gasteiger charge is 2.13. The molecule has 0 radical (unpaired) electrons. The molecule has 0 fully saturated rings. The molecule has 3 rings (SSSR count). The lowest BCUT2D eigenvalue weighted by molar-refractivity contribution is 0.398. The monoisotopic (exact) mass is 305 g/mol. The first-order valence-electron chi connectivity index (χ1n) is 6.89. The van der Waals surface area contributed by atoms with Crippen LogP contribution in [0, 0.1) is 0 Å². The number of rotatable bonds is 5. The molecular formula is C15H16ClN3O2. The van der Waals surface area contributed by atoms with Crippen LogP contribution in [0.2, 0.25) is 5.02 Å². The highest BCUT2D eigenvalue weighted by Crippen LogP contribution is 2.26. The van der Waals surface area contributed by atoms with Crippen molar-refractivity contribution >= 4 is 22.6 Å². The van der Waals surface area contributed by atoms with E-state index in [0.29, 0.717) is 23.3 Å². The third-order valence-corrected chi connectivity index (χ3v) is 3.53. The minimum atomic E-state index is 0.0353. The summed E-state index contributed by atoms with van der Waals surface area (Å²) in [6, 6.07) is 7.61. The van der Waals surface area contributed by atoms with E-state index < -0.39 is 0 Å². The molecule has 3 aromatic rings. The molecule has 0 spiro atoms. The second-order valence-corrected chi connectivity index (χ2v) is 5.31. The van der Waals surface area contributed by atoms with E-state index >= 15 is 0 Å². The Bertz CT molecular complexity index is 750. The van der Waals surface area contributed by atoms with Gasteiger partial charge in [0.2, 0.25) is 11.8 Å². The third-order valence-electron chi connectivity index (χ3n) is 3.29. The van der Waals surface area contributed by atoms with Crippen LogP contribution in [0.3, 0.4) is 0 Å². The Morgan fingerprint density at radius 2 is 2.00 bits per heavy atom. The number of nitrogens with one attached hydrogen (secondary N) is 1. The zero-order valence-electron chi connectivity index (χ0n) is 11.9. The van der Waals surface area contributed by atoms with E-state index in [2.05, 4.69) is 15.5 Å². The summed E-state index contributed by atoms with van der Waals surface area (Å²) in [6.07, 6.45) is 0.743. The zero-order chi connectivity index (χ0) is 14.8. The van der Waals surface area contributed by atoms with E-state index in [-0.39, 0.29) is 6.04 Å². The zero-order valence-corrected chi connectivity index (χ0v) is 12.6. The van der Waals surface area contributed by atoms with E-state index in [1.165, 1.54) is 0 Å². The van der Waals surface area contributed by atoms with Crippen molar-refractivity contribution in [1.82, 2.24) is 15.5 Å². The van der Waals surface area contributed by atoms with Gasteiger partial charge in [0.1, 0.15) is 11.3 Å². The third kappa shape index (κ3) is 3.09. The number of aromatic nitrogens is 2. The smallest absolute Gasteiger partial charge is 0.230 e. The summed E-state index contributed by atoms with van der Waals surface area (Å²) in [6.45, 7) is 4.51. The van der Waals surface area contributed by atoms with Gasteiger partial charge < -0.3 is 8.83 Å². The van der Waals surface area contributed by atoms with Crippen molar-refractivity contribution in [3.8, 4) is 0 Å². The first-order chi connectivity index (χ1) is 10.2. The van der Waals surface area contributed by atoms with Gasteiger partial charge in [0, 0.05) is 16.8 Å². The summed E-state index contributed by atoms with van der Waals surface area (Å²) in [7, 11) is 0. The van der Waals surface area contributed by atoms with Gasteiger partial charge in [0.15, 0.2) is 0 Å². The van der Waals surface area contributed by atoms with Gasteiger partial charge in [-0.3, -0.25) is 5.32 Å². The first kappa shape index (κ1) is 14.1. The minimum Gasteiger partial charge on any atom is -0.459 e. The molecule has 0 bridgehead atoms. The molecule has 110 valence electrons. The topological polar surface area (TPSA) is 64.1 Å².